The molecule has 1 aliphatic heterocycles. The summed E-state index contributed by atoms with van der Waals surface area (Å²) in [7, 11) is 0. The molecule has 1 amide bonds. The first-order chi connectivity index (χ1) is 10.7. The number of nitrogens with zero attached hydrogens (tertiary/aromatic N) is 1. The minimum Gasteiger partial charge on any atom is -0.379 e. The van der Waals surface area contributed by atoms with E-state index in [-0.39, 0.29) is 11.5 Å². The predicted octanol–water partition coefficient (Wildman–Crippen LogP) is 1.82. The first-order valence-corrected chi connectivity index (χ1v) is 7.37. The van der Waals surface area contributed by atoms with Crippen LogP contribution < -0.4 is 5.32 Å². The zero-order chi connectivity index (χ0) is 15.8. The molecule has 1 aliphatic rings. The predicted molar refractivity (Wildman–Crippen MR) is 80.3 cm³/mol. The van der Waals surface area contributed by atoms with Crippen molar-refractivity contribution in [2.75, 3.05) is 39.4 Å². The van der Waals surface area contributed by atoms with Crippen LogP contribution in [-0.2, 0) is 9.53 Å². The van der Waals surface area contributed by atoms with E-state index in [1.165, 1.54) is 6.07 Å². The molecule has 0 spiro atoms. The van der Waals surface area contributed by atoms with Crippen molar-refractivity contribution in [3.63, 3.8) is 0 Å². The van der Waals surface area contributed by atoms with E-state index >= 15 is 0 Å². The SMILES string of the molecule is O=C(/C=C/c1c(F)cccc1F)NCCCN1CCOCC1. The monoisotopic (exact) mass is 310 g/mol. The van der Waals surface area contributed by atoms with Crippen LogP contribution in [-0.4, -0.2) is 50.2 Å². The molecule has 120 valence electrons. The molecular formula is C16H20F2N2O2. The lowest BCUT2D eigenvalue weighted by Crippen LogP contribution is -2.38. The maximum Gasteiger partial charge on any atom is 0.244 e. The van der Waals surface area contributed by atoms with Crippen LogP contribution >= 0.6 is 0 Å². The Morgan fingerprint density at radius 2 is 1.95 bits per heavy atom. The van der Waals surface area contributed by atoms with Crippen LogP contribution in [0, 0.1) is 11.6 Å². The third-order valence-electron chi connectivity index (χ3n) is 3.46. The highest BCUT2D eigenvalue weighted by Crippen LogP contribution is 2.13. The fraction of sp³-hybridized carbons (Fsp3) is 0.438. The Morgan fingerprint density at radius 3 is 2.64 bits per heavy atom. The average Bonchev–Trinajstić information content (AvgIpc) is 2.52. The standard InChI is InChI=1S/C16H20F2N2O2/c17-14-3-1-4-15(18)13(14)5-6-16(21)19-7-2-8-20-9-11-22-12-10-20/h1,3-6H,2,7-12H2,(H,19,21)/b6-5+. The van der Waals surface area contributed by atoms with Crippen LogP contribution in [0.15, 0.2) is 24.3 Å². The van der Waals surface area contributed by atoms with E-state index in [2.05, 4.69) is 10.2 Å². The molecule has 0 aliphatic carbocycles. The molecule has 1 aromatic rings. The fourth-order valence-corrected chi connectivity index (χ4v) is 2.23. The summed E-state index contributed by atoms with van der Waals surface area (Å²) >= 11 is 0. The lowest BCUT2D eigenvalue weighted by Gasteiger charge is -2.26. The first-order valence-electron chi connectivity index (χ1n) is 7.37. The Hall–Kier alpha value is -1.79. The Kier molecular flexibility index (Phi) is 6.48. The third kappa shape index (κ3) is 5.20. The molecule has 0 unspecified atom stereocenters. The summed E-state index contributed by atoms with van der Waals surface area (Å²) in [6, 6.07) is 3.60. The Labute approximate surface area is 128 Å². The number of hydrogen-bond donors (Lipinski definition) is 1. The summed E-state index contributed by atoms with van der Waals surface area (Å²) in [6.07, 6.45) is 3.13. The summed E-state index contributed by atoms with van der Waals surface area (Å²) in [5.74, 6) is -1.72. The maximum atomic E-state index is 13.4. The second-order valence-electron chi connectivity index (χ2n) is 5.07. The van der Waals surface area contributed by atoms with Crippen LogP contribution in [0.1, 0.15) is 12.0 Å². The largest absolute Gasteiger partial charge is 0.379 e. The van der Waals surface area contributed by atoms with E-state index in [1.54, 1.807) is 0 Å². The van der Waals surface area contributed by atoms with E-state index in [4.69, 9.17) is 4.74 Å². The molecule has 1 heterocycles. The summed E-state index contributed by atoms with van der Waals surface area (Å²) in [5, 5.41) is 2.70. The molecule has 6 heteroatoms. The van der Waals surface area contributed by atoms with Gasteiger partial charge in [0.2, 0.25) is 5.91 Å². The van der Waals surface area contributed by atoms with Crippen LogP contribution in [0.4, 0.5) is 8.78 Å². The molecule has 0 bridgehead atoms. The van der Waals surface area contributed by atoms with Gasteiger partial charge in [0.25, 0.3) is 0 Å². The number of amides is 1. The van der Waals surface area contributed by atoms with Gasteiger partial charge < -0.3 is 10.1 Å². The lowest BCUT2D eigenvalue weighted by molar-refractivity contribution is -0.116. The Balaban J connectivity index is 1.70. The van der Waals surface area contributed by atoms with E-state index in [0.29, 0.717) is 6.54 Å². The summed E-state index contributed by atoms with van der Waals surface area (Å²) in [4.78, 5) is 13.9. The number of rotatable bonds is 6. The van der Waals surface area contributed by atoms with Gasteiger partial charge in [-0.1, -0.05) is 6.07 Å². The van der Waals surface area contributed by atoms with E-state index in [0.717, 1.165) is 63.6 Å². The quantitative estimate of drug-likeness (QED) is 0.644. The normalized spacial score (nSPS) is 16.1. The molecule has 0 radical (unpaired) electrons. The first kappa shape index (κ1) is 16.6. The van der Waals surface area contributed by atoms with Crippen molar-refractivity contribution in [1.82, 2.24) is 10.2 Å². The van der Waals surface area contributed by atoms with Gasteiger partial charge in [-0.25, -0.2) is 8.78 Å². The molecule has 0 aromatic heterocycles. The highest BCUT2D eigenvalue weighted by atomic mass is 19.1. The number of carbonyl (C=O) groups is 1. The Bertz CT molecular complexity index is 509. The second kappa shape index (κ2) is 8.60. The molecular weight excluding hydrogens is 290 g/mol. The van der Waals surface area contributed by atoms with Crippen LogP contribution in [0.25, 0.3) is 6.08 Å². The fourth-order valence-electron chi connectivity index (χ4n) is 2.23. The van der Waals surface area contributed by atoms with Gasteiger partial charge in [0.05, 0.1) is 13.2 Å². The zero-order valence-electron chi connectivity index (χ0n) is 12.4. The number of nitrogens with one attached hydrogen (secondary N) is 1. The molecule has 1 saturated heterocycles. The van der Waals surface area contributed by atoms with Gasteiger partial charge in [0.15, 0.2) is 0 Å². The van der Waals surface area contributed by atoms with Gasteiger partial charge in [0.1, 0.15) is 11.6 Å². The highest BCUT2D eigenvalue weighted by molar-refractivity contribution is 5.91. The van der Waals surface area contributed by atoms with Crippen molar-refractivity contribution >= 4 is 12.0 Å². The van der Waals surface area contributed by atoms with Crippen LogP contribution in [0.3, 0.4) is 0 Å². The number of hydrogen-bond acceptors (Lipinski definition) is 3. The Morgan fingerprint density at radius 1 is 1.27 bits per heavy atom. The van der Waals surface area contributed by atoms with Crippen molar-refractivity contribution < 1.29 is 18.3 Å². The van der Waals surface area contributed by atoms with Crippen LogP contribution in [0.2, 0.25) is 0 Å². The van der Waals surface area contributed by atoms with Gasteiger partial charge in [-0.15, -0.1) is 0 Å². The molecule has 0 saturated carbocycles. The van der Waals surface area contributed by atoms with Crippen molar-refractivity contribution in [2.45, 2.75) is 6.42 Å². The van der Waals surface area contributed by atoms with E-state index in [1.807, 2.05) is 0 Å². The molecule has 4 nitrogen and oxygen atoms in total. The maximum absolute atomic E-state index is 13.4. The number of carbonyl (C=O) groups excluding carboxylic acids is 1. The number of benzene rings is 1. The summed E-state index contributed by atoms with van der Waals surface area (Å²) in [6.45, 7) is 4.77. The van der Waals surface area contributed by atoms with Gasteiger partial charge in [-0.05, 0) is 31.2 Å². The minimum absolute atomic E-state index is 0.203. The van der Waals surface area contributed by atoms with E-state index < -0.39 is 11.6 Å². The molecule has 1 N–H and O–H groups in total. The average molecular weight is 310 g/mol. The van der Waals surface area contributed by atoms with Crippen LogP contribution in [0.5, 0.6) is 0 Å². The minimum atomic E-state index is -0.684. The number of ether oxygens (including phenoxy) is 1. The van der Waals surface area contributed by atoms with Gasteiger partial charge >= 0.3 is 0 Å². The summed E-state index contributed by atoms with van der Waals surface area (Å²) in [5.41, 5.74) is -0.203. The smallest absolute Gasteiger partial charge is 0.244 e. The topological polar surface area (TPSA) is 41.6 Å². The van der Waals surface area contributed by atoms with Gasteiger partial charge in [-0.3, -0.25) is 9.69 Å². The zero-order valence-corrected chi connectivity index (χ0v) is 12.4. The molecule has 2 rings (SSSR count). The molecule has 1 fully saturated rings. The lowest BCUT2D eigenvalue weighted by atomic mass is 10.2. The number of morpholine rings is 1. The summed E-state index contributed by atoms with van der Waals surface area (Å²) < 4.78 is 32.0. The molecule has 1 aromatic carbocycles. The van der Waals surface area contributed by atoms with Crippen molar-refractivity contribution in [3.8, 4) is 0 Å². The highest BCUT2D eigenvalue weighted by Gasteiger charge is 2.09. The third-order valence-corrected chi connectivity index (χ3v) is 3.46. The van der Waals surface area contributed by atoms with Gasteiger partial charge in [-0.2, -0.15) is 0 Å². The van der Waals surface area contributed by atoms with Crippen molar-refractivity contribution in [1.29, 1.82) is 0 Å². The molecule has 0 atom stereocenters. The van der Waals surface area contributed by atoms with E-state index in [9.17, 15) is 13.6 Å². The van der Waals surface area contributed by atoms with Crippen molar-refractivity contribution in [2.24, 2.45) is 0 Å². The number of halogens is 2. The second-order valence-corrected chi connectivity index (χ2v) is 5.07. The van der Waals surface area contributed by atoms with Crippen molar-refractivity contribution in [3.05, 3.63) is 41.5 Å². The van der Waals surface area contributed by atoms with Gasteiger partial charge in [0, 0.05) is 31.3 Å². The molecule has 22 heavy (non-hydrogen) atoms.